The smallest absolute Gasteiger partial charge is 0.408 e. The summed E-state index contributed by atoms with van der Waals surface area (Å²) in [7, 11) is 1.25. The van der Waals surface area contributed by atoms with E-state index in [1.165, 1.54) is 12.0 Å². The summed E-state index contributed by atoms with van der Waals surface area (Å²) in [4.78, 5) is 54.7. The number of aryl methyl sites for hydroxylation is 2. The molecule has 3 amide bonds. The van der Waals surface area contributed by atoms with Gasteiger partial charge in [0.2, 0.25) is 11.8 Å². The van der Waals surface area contributed by atoms with Gasteiger partial charge in [0.1, 0.15) is 24.2 Å². The van der Waals surface area contributed by atoms with Crippen molar-refractivity contribution in [3.8, 4) is 0 Å². The first-order valence-corrected chi connectivity index (χ1v) is 14.6. The molecule has 0 aliphatic heterocycles. The minimum atomic E-state index is -1.04. The highest BCUT2D eigenvalue weighted by atomic mass is 16.6. The molecule has 0 aromatic heterocycles. The van der Waals surface area contributed by atoms with Crippen LogP contribution < -0.4 is 10.6 Å². The Bertz CT molecular complexity index is 1190. The molecule has 2 rings (SSSR count). The minimum Gasteiger partial charge on any atom is -0.468 e. The van der Waals surface area contributed by atoms with Crippen molar-refractivity contribution >= 4 is 23.9 Å². The summed E-state index contributed by atoms with van der Waals surface area (Å²) in [5.41, 5.74) is 2.48. The molecule has 0 heterocycles. The third-order valence-corrected chi connectivity index (χ3v) is 6.73. The second kappa shape index (κ2) is 16.5. The van der Waals surface area contributed by atoms with Gasteiger partial charge < -0.3 is 25.0 Å². The van der Waals surface area contributed by atoms with E-state index in [0.717, 1.165) is 36.0 Å². The minimum absolute atomic E-state index is 0.202. The second-order valence-electron chi connectivity index (χ2n) is 11.5. The molecule has 2 N–H and O–H groups in total. The topological polar surface area (TPSA) is 114 Å². The molecule has 0 saturated carbocycles. The van der Waals surface area contributed by atoms with Crippen molar-refractivity contribution in [1.29, 1.82) is 0 Å². The normalized spacial score (nSPS) is 12.5. The first-order valence-electron chi connectivity index (χ1n) is 14.6. The number of esters is 1. The average Bonchev–Trinajstić information content (AvgIpc) is 2.93. The summed E-state index contributed by atoms with van der Waals surface area (Å²) in [5.74, 6) is -1.52. The van der Waals surface area contributed by atoms with Gasteiger partial charge in [0.15, 0.2) is 0 Å². The van der Waals surface area contributed by atoms with Crippen molar-refractivity contribution < 1.29 is 28.7 Å². The fourth-order valence-electron chi connectivity index (χ4n) is 4.61. The number of methoxy groups -OCH3 is 1. The van der Waals surface area contributed by atoms with Crippen LogP contribution in [0.5, 0.6) is 0 Å². The lowest BCUT2D eigenvalue weighted by Crippen LogP contribution is -2.54. The zero-order chi connectivity index (χ0) is 31.3. The fraction of sp³-hybridized carbons (Fsp3) is 0.515. The van der Waals surface area contributed by atoms with Crippen LogP contribution in [0.1, 0.15) is 81.7 Å². The van der Waals surface area contributed by atoms with Crippen molar-refractivity contribution in [2.24, 2.45) is 0 Å². The molecule has 0 bridgehead atoms. The third kappa shape index (κ3) is 11.2. The van der Waals surface area contributed by atoms with E-state index in [4.69, 9.17) is 9.47 Å². The maximum atomic E-state index is 14.5. The number of carbonyl (C=O) groups excluding carboxylic acids is 4. The highest BCUT2D eigenvalue weighted by Gasteiger charge is 2.37. The van der Waals surface area contributed by atoms with Crippen LogP contribution in [0, 0.1) is 13.8 Å². The maximum absolute atomic E-state index is 14.5. The maximum Gasteiger partial charge on any atom is 0.408 e. The number of unbranched alkanes of at least 4 members (excludes halogenated alkanes) is 3. The fourth-order valence-corrected chi connectivity index (χ4v) is 4.61. The standard InChI is InChI=1S/C33H47N3O6/c1-8-9-10-14-19-36(29(30(38)34-22-28(37)41-7)26-20-23(2)17-18-24(26)3)31(39)27(21-25-15-12-11-13-16-25)35-32(40)42-33(4,5)6/h11-13,15-18,20,27,29H,8-10,14,19,21-22H2,1-7H3,(H,34,38)(H,35,40). The molecule has 42 heavy (non-hydrogen) atoms. The Morgan fingerprint density at radius 2 is 1.64 bits per heavy atom. The summed E-state index contributed by atoms with van der Waals surface area (Å²) < 4.78 is 10.2. The molecule has 230 valence electrons. The van der Waals surface area contributed by atoms with E-state index in [-0.39, 0.29) is 19.5 Å². The van der Waals surface area contributed by atoms with Crippen molar-refractivity contribution in [2.75, 3.05) is 20.2 Å². The number of nitrogens with zero attached hydrogens (tertiary/aromatic N) is 1. The Labute approximate surface area is 250 Å². The van der Waals surface area contributed by atoms with Crippen molar-refractivity contribution in [2.45, 2.75) is 91.3 Å². The summed E-state index contributed by atoms with van der Waals surface area (Å²) in [6, 6.07) is 13.1. The van der Waals surface area contributed by atoms with E-state index in [1.807, 2.05) is 62.4 Å². The molecule has 0 radical (unpaired) electrons. The Hall–Kier alpha value is -3.88. The van der Waals surface area contributed by atoms with Crippen LogP contribution >= 0.6 is 0 Å². The number of hydrogen-bond donors (Lipinski definition) is 2. The summed E-state index contributed by atoms with van der Waals surface area (Å²) in [6.07, 6.45) is 3.00. The highest BCUT2D eigenvalue weighted by Crippen LogP contribution is 2.28. The molecule has 2 unspecified atom stereocenters. The summed E-state index contributed by atoms with van der Waals surface area (Å²) in [5, 5.41) is 5.43. The number of alkyl carbamates (subject to hydrolysis) is 1. The number of benzene rings is 2. The van der Waals surface area contributed by atoms with E-state index < -0.39 is 41.6 Å². The van der Waals surface area contributed by atoms with Crippen molar-refractivity contribution in [3.05, 3.63) is 70.8 Å². The third-order valence-electron chi connectivity index (χ3n) is 6.73. The van der Waals surface area contributed by atoms with Gasteiger partial charge in [-0.1, -0.05) is 80.3 Å². The Morgan fingerprint density at radius 3 is 2.26 bits per heavy atom. The lowest BCUT2D eigenvalue weighted by atomic mass is 9.95. The van der Waals surface area contributed by atoms with Gasteiger partial charge in [-0.25, -0.2) is 4.79 Å². The molecular formula is C33H47N3O6. The van der Waals surface area contributed by atoms with Gasteiger partial charge >= 0.3 is 12.1 Å². The van der Waals surface area contributed by atoms with E-state index in [0.29, 0.717) is 12.0 Å². The zero-order valence-electron chi connectivity index (χ0n) is 26.1. The molecule has 9 nitrogen and oxygen atoms in total. The lowest BCUT2D eigenvalue weighted by Gasteiger charge is -2.35. The van der Waals surface area contributed by atoms with Crippen LogP contribution in [-0.4, -0.2) is 60.6 Å². The second-order valence-corrected chi connectivity index (χ2v) is 11.5. The monoisotopic (exact) mass is 581 g/mol. The molecular weight excluding hydrogens is 534 g/mol. The van der Waals surface area contributed by atoms with Gasteiger partial charge in [0, 0.05) is 13.0 Å². The SMILES string of the molecule is CCCCCCN(C(=O)C(Cc1ccccc1)NC(=O)OC(C)(C)C)C(C(=O)NCC(=O)OC)c1cc(C)ccc1C. The first-order chi connectivity index (χ1) is 19.9. The zero-order valence-corrected chi connectivity index (χ0v) is 26.1. The van der Waals surface area contributed by atoms with E-state index in [2.05, 4.69) is 17.6 Å². The lowest BCUT2D eigenvalue weighted by molar-refractivity contribution is -0.144. The van der Waals surface area contributed by atoms with Gasteiger partial charge in [-0.2, -0.15) is 0 Å². The number of carbonyl (C=O) groups is 4. The molecule has 0 spiro atoms. The number of rotatable bonds is 14. The van der Waals surface area contributed by atoms with Crippen molar-refractivity contribution in [1.82, 2.24) is 15.5 Å². The molecule has 0 aliphatic rings. The number of hydrogen-bond acceptors (Lipinski definition) is 6. The van der Waals surface area contributed by atoms with E-state index >= 15 is 0 Å². The summed E-state index contributed by atoms with van der Waals surface area (Å²) in [6.45, 7) is 11.1. The molecule has 0 fully saturated rings. The van der Waals surface area contributed by atoms with Crippen LogP contribution in [0.4, 0.5) is 4.79 Å². The van der Waals surface area contributed by atoms with Gasteiger partial charge in [-0.3, -0.25) is 14.4 Å². The Balaban J connectivity index is 2.60. The molecule has 2 aromatic carbocycles. The molecule has 0 aliphatic carbocycles. The number of nitrogens with one attached hydrogen (secondary N) is 2. The van der Waals surface area contributed by atoms with Crippen LogP contribution in [0.15, 0.2) is 48.5 Å². The van der Waals surface area contributed by atoms with E-state index in [1.54, 1.807) is 20.8 Å². The molecule has 9 heteroatoms. The molecule has 0 saturated heterocycles. The number of ether oxygens (including phenoxy) is 2. The summed E-state index contributed by atoms with van der Waals surface area (Å²) >= 11 is 0. The Kier molecular flexibility index (Phi) is 13.5. The predicted octanol–water partition coefficient (Wildman–Crippen LogP) is 5.18. The van der Waals surface area contributed by atoms with Crippen LogP contribution in [0.25, 0.3) is 0 Å². The van der Waals surface area contributed by atoms with Gasteiger partial charge in [-0.05, 0) is 57.7 Å². The quantitative estimate of drug-likeness (QED) is 0.235. The number of amides is 3. The van der Waals surface area contributed by atoms with Crippen LogP contribution in [0.3, 0.4) is 0 Å². The predicted molar refractivity (Wildman–Crippen MR) is 163 cm³/mol. The molecule has 2 aromatic rings. The van der Waals surface area contributed by atoms with Gasteiger partial charge in [0.25, 0.3) is 0 Å². The largest absolute Gasteiger partial charge is 0.468 e. The van der Waals surface area contributed by atoms with Crippen LogP contribution in [0.2, 0.25) is 0 Å². The van der Waals surface area contributed by atoms with Gasteiger partial charge in [0.05, 0.1) is 7.11 Å². The van der Waals surface area contributed by atoms with Gasteiger partial charge in [-0.15, -0.1) is 0 Å². The van der Waals surface area contributed by atoms with Crippen LogP contribution in [-0.2, 0) is 30.3 Å². The molecule has 2 atom stereocenters. The average molecular weight is 582 g/mol. The Morgan fingerprint density at radius 1 is 0.952 bits per heavy atom. The van der Waals surface area contributed by atoms with E-state index in [9.17, 15) is 19.2 Å². The highest BCUT2D eigenvalue weighted by molar-refractivity contribution is 5.93. The van der Waals surface area contributed by atoms with Crippen molar-refractivity contribution in [3.63, 3.8) is 0 Å². The first kappa shape index (κ1) is 34.3.